The first-order valence-corrected chi connectivity index (χ1v) is 12.1. The van der Waals surface area contributed by atoms with Crippen LogP contribution in [0, 0.1) is 0 Å². The largest absolute Gasteiger partial charge is 0.457 e. The number of para-hydroxylation sites is 1. The maximum Gasteiger partial charge on any atom is 0.332 e. The van der Waals surface area contributed by atoms with Gasteiger partial charge in [0.2, 0.25) is 0 Å². The predicted molar refractivity (Wildman–Crippen MR) is 128 cm³/mol. The van der Waals surface area contributed by atoms with Gasteiger partial charge in [-0.2, -0.15) is 0 Å². The van der Waals surface area contributed by atoms with Crippen molar-refractivity contribution >= 4 is 0 Å². The molecular weight excluding hydrogens is 398 g/mol. The maximum absolute atomic E-state index is 13.2. The zero-order chi connectivity index (χ0) is 21.8. The van der Waals surface area contributed by atoms with Crippen LogP contribution in [0.25, 0.3) is 5.69 Å². The molecule has 3 aromatic rings. The molecule has 0 radical (unpaired) electrons. The van der Waals surface area contributed by atoms with Crippen LogP contribution in [-0.4, -0.2) is 33.2 Å². The average Bonchev–Trinajstić information content (AvgIpc) is 3.04. The van der Waals surface area contributed by atoms with Crippen LogP contribution < -0.4 is 10.4 Å². The zero-order valence-corrected chi connectivity index (χ0v) is 18.7. The standard InChI is InChI=1S/C27H33N3O2/c31-27-29(23-12-10-22(11-13-23)28-18-6-1-2-7-19-28)20-21-30(27)24-14-16-26(17-15-24)32-25-8-4-3-5-9-25/h3-5,8-9,14-17,20-23H,1-2,6-7,10-13,18-19H2. The number of hydrogen-bond donors (Lipinski definition) is 0. The predicted octanol–water partition coefficient (Wildman–Crippen LogP) is 5.79. The molecule has 1 saturated heterocycles. The fourth-order valence-electron chi connectivity index (χ4n) is 5.33. The second kappa shape index (κ2) is 9.78. The first-order chi connectivity index (χ1) is 15.8. The minimum Gasteiger partial charge on any atom is -0.457 e. The summed E-state index contributed by atoms with van der Waals surface area (Å²) >= 11 is 0. The van der Waals surface area contributed by atoms with Crippen LogP contribution in [0.5, 0.6) is 11.5 Å². The second-order valence-corrected chi connectivity index (χ2v) is 9.18. The number of hydrogen-bond acceptors (Lipinski definition) is 3. The summed E-state index contributed by atoms with van der Waals surface area (Å²) in [5.74, 6) is 1.57. The summed E-state index contributed by atoms with van der Waals surface area (Å²) in [6, 6.07) is 18.5. The fraction of sp³-hybridized carbons (Fsp3) is 0.444. The molecule has 0 unspecified atom stereocenters. The summed E-state index contributed by atoms with van der Waals surface area (Å²) in [6.45, 7) is 2.52. The van der Waals surface area contributed by atoms with Crippen molar-refractivity contribution in [3.05, 3.63) is 77.5 Å². The van der Waals surface area contributed by atoms with Crippen molar-refractivity contribution < 1.29 is 4.74 Å². The third-order valence-electron chi connectivity index (χ3n) is 7.11. The fourth-order valence-corrected chi connectivity index (χ4v) is 5.33. The van der Waals surface area contributed by atoms with E-state index in [0.717, 1.165) is 30.0 Å². The van der Waals surface area contributed by atoms with Crippen molar-refractivity contribution in [1.29, 1.82) is 0 Å². The lowest BCUT2D eigenvalue weighted by Gasteiger charge is -2.36. The van der Waals surface area contributed by atoms with E-state index in [1.165, 1.54) is 51.6 Å². The van der Waals surface area contributed by atoms with Crippen LogP contribution in [0.4, 0.5) is 0 Å². The number of benzene rings is 2. The molecule has 1 aliphatic carbocycles. The second-order valence-electron chi connectivity index (χ2n) is 9.18. The van der Waals surface area contributed by atoms with Crippen LogP contribution in [0.3, 0.4) is 0 Å². The van der Waals surface area contributed by atoms with E-state index >= 15 is 0 Å². The molecule has 2 aromatic carbocycles. The number of aromatic nitrogens is 2. The molecule has 2 heterocycles. The molecule has 1 saturated carbocycles. The SMILES string of the molecule is O=c1n(-c2ccc(Oc3ccccc3)cc2)ccn1C1CCC(N2CCCCCC2)CC1. The van der Waals surface area contributed by atoms with Gasteiger partial charge in [-0.15, -0.1) is 0 Å². The van der Waals surface area contributed by atoms with Crippen LogP contribution >= 0.6 is 0 Å². The van der Waals surface area contributed by atoms with Crippen LogP contribution in [0.15, 0.2) is 71.8 Å². The van der Waals surface area contributed by atoms with Crippen molar-refractivity contribution in [2.75, 3.05) is 13.1 Å². The Hall–Kier alpha value is -2.79. The van der Waals surface area contributed by atoms with E-state index in [4.69, 9.17) is 4.74 Å². The topological polar surface area (TPSA) is 39.4 Å². The van der Waals surface area contributed by atoms with Gasteiger partial charge in [-0.05, 0) is 88.0 Å². The quantitative estimate of drug-likeness (QED) is 0.513. The van der Waals surface area contributed by atoms with Crippen molar-refractivity contribution in [1.82, 2.24) is 14.0 Å². The number of nitrogens with zero attached hydrogens (tertiary/aromatic N) is 3. The molecule has 5 heteroatoms. The Morgan fingerprint density at radius 1 is 0.688 bits per heavy atom. The maximum atomic E-state index is 13.2. The molecule has 0 N–H and O–H groups in total. The van der Waals surface area contributed by atoms with Gasteiger partial charge < -0.3 is 9.64 Å². The molecule has 5 nitrogen and oxygen atoms in total. The molecule has 0 bridgehead atoms. The molecule has 1 aliphatic heterocycles. The third kappa shape index (κ3) is 4.68. The summed E-state index contributed by atoms with van der Waals surface area (Å²) in [4.78, 5) is 15.9. The summed E-state index contributed by atoms with van der Waals surface area (Å²) < 4.78 is 9.57. The van der Waals surface area contributed by atoms with Gasteiger partial charge in [0.15, 0.2) is 0 Å². The van der Waals surface area contributed by atoms with Gasteiger partial charge in [-0.3, -0.25) is 9.13 Å². The molecule has 5 rings (SSSR count). The third-order valence-corrected chi connectivity index (χ3v) is 7.11. The van der Waals surface area contributed by atoms with E-state index in [1.54, 1.807) is 4.57 Å². The average molecular weight is 432 g/mol. The molecule has 0 atom stereocenters. The molecule has 0 spiro atoms. The van der Waals surface area contributed by atoms with E-state index in [0.29, 0.717) is 12.1 Å². The molecule has 168 valence electrons. The summed E-state index contributed by atoms with van der Waals surface area (Å²) in [7, 11) is 0. The van der Waals surface area contributed by atoms with Gasteiger partial charge in [0.1, 0.15) is 11.5 Å². The van der Waals surface area contributed by atoms with Gasteiger partial charge in [0.05, 0.1) is 5.69 Å². The Morgan fingerprint density at radius 3 is 2.00 bits per heavy atom. The highest BCUT2D eigenvalue weighted by molar-refractivity contribution is 5.39. The van der Waals surface area contributed by atoms with E-state index in [-0.39, 0.29) is 5.69 Å². The molecule has 0 amide bonds. The normalized spacial score (nSPS) is 22.4. The number of rotatable bonds is 5. The number of ether oxygens (including phenoxy) is 1. The highest BCUT2D eigenvalue weighted by Gasteiger charge is 2.28. The van der Waals surface area contributed by atoms with Gasteiger partial charge in [0.25, 0.3) is 0 Å². The van der Waals surface area contributed by atoms with E-state index in [2.05, 4.69) is 4.90 Å². The number of likely N-dealkylation sites (tertiary alicyclic amines) is 1. The Bertz CT molecular complexity index is 1040. The minimum absolute atomic E-state index is 0.0555. The monoisotopic (exact) mass is 431 g/mol. The van der Waals surface area contributed by atoms with E-state index < -0.39 is 0 Å². The Labute approximate surface area is 190 Å². The lowest BCUT2D eigenvalue weighted by atomic mass is 9.90. The lowest BCUT2D eigenvalue weighted by molar-refractivity contribution is 0.141. The summed E-state index contributed by atoms with van der Waals surface area (Å²) in [6.07, 6.45) is 13.9. The molecule has 2 fully saturated rings. The van der Waals surface area contributed by atoms with Crippen LogP contribution in [0.1, 0.15) is 57.4 Å². The van der Waals surface area contributed by atoms with Crippen molar-refractivity contribution in [2.45, 2.75) is 63.5 Å². The van der Waals surface area contributed by atoms with Gasteiger partial charge >= 0.3 is 5.69 Å². The van der Waals surface area contributed by atoms with E-state index in [1.807, 2.05) is 71.6 Å². The highest BCUT2D eigenvalue weighted by Crippen LogP contribution is 2.31. The first-order valence-electron chi connectivity index (χ1n) is 12.1. The molecule has 32 heavy (non-hydrogen) atoms. The lowest BCUT2D eigenvalue weighted by Crippen LogP contribution is -2.40. The van der Waals surface area contributed by atoms with Crippen molar-refractivity contribution in [2.24, 2.45) is 0 Å². The van der Waals surface area contributed by atoms with Crippen LogP contribution in [0.2, 0.25) is 0 Å². The van der Waals surface area contributed by atoms with Gasteiger partial charge in [-0.25, -0.2) is 4.79 Å². The van der Waals surface area contributed by atoms with Crippen molar-refractivity contribution in [3.8, 4) is 17.2 Å². The first kappa shape index (κ1) is 21.1. The summed E-state index contributed by atoms with van der Waals surface area (Å²) in [5.41, 5.74) is 0.923. The van der Waals surface area contributed by atoms with E-state index in [9.17, 15) is 4.79 Å². The molecular formula is C27H33N3O2. The molecule has 2 aliphatic rings. The Morgan fingerprint density at radius 2 is 1.31 bits per heavy atom. The Kier molecular flexibility index (Phi) is 6.44. The highest BCUT2D eigenvalue weighted by atomic mass is 16.5. The van der Waals surface area contributed by atoms with Crippen LogP contribution in [-0.2, 0) is 0 Å². The van der Waals surface area contributed by atoms with Gasteiger partial charge in [0, 0.05) is 24.5 Å². The van der Waals surface area contributed by atoms with Crippen molar-refractivity contribution in [3.63, 3.8) is 0 Å². The van der Waals surface area contributed by atoms with Gasteiger partial charge in [-0.1, -0.05) is 31.0 Å². The smallest absolute Gasteiger partial charge is 0.332 e. The summed E-state index contributed by atoms with van der Waals surface area (Å²) in [5, 5.41) is 0. The number of imidazole rings is 1. The Balaban J connectivity index is 1.23. The molecule has 1 aromatic heterocycles. The minimum atomic E-state index is 0.0555. The zero-order valence-electron chi connectivity index (χ0n) is 18.7.